The number of aromatic nitrogens is 4. The maximum absolute atomic E-state index is 12.6. The van der Waals surface area contributed by atoms with Gasteiger partial charge >= 0.3 is 0 Å². The standard InChI is InChI=1S/C18H28N6O/c1-5-10-24-16(8-9-19-24)20-17(25)12-23-11-6-7-15(23)18-13(2)21-22(4)14(18)3/h8-9,15H,5-7,10-12H2,1-4H3,(H,20,25)/t15-/m0/s1. The third kappa shape index (κ3) is 3.61. The van der Waals surface area contributed by atoms with Crippen LogP contribution in [0.2, 0.25) is 0 Å². The Bertz CT molecular complexity index is 747. The van der Waals surface area contributed by atoms with Gasteiger partial charge in [-0.05, 0) is 39.7 Å². The van der Waals surface area contributed by atoms with Crippen LogP contribution in [-0.4, -0.2) is 43.5 Å². The van der Waals surface area contributed by atoms with Gasteiger partial charge in [0.05, 0.1) is 18.4 Å². The molecule has 0 spiro atoms. The number of hydrogen-bond donors (Lipinski definition) is 1. The first-order valence-corrected chi connectivity index (χ1v) is 9.07. The zero-order valence-corrected chi connectivity index (χ0v) is 15.6. The molecule has 7 heteroatoms. The monoisotopic (exact) mass is 344 g/mol. The first kappa shape index (κ1) is 17.7. The van der Waals surface area contributed by atoms with Crippen LogP contribution in [0.1, 0.15) is 49.2 Å². The van der Waals surface area contributed by atoms with Gasteiger partial charge in [-0.3, -0.25) is 14.4 Å². The molecule has 7 nitrogen and oxygen atoms in total. The molecule has 0 aromatic carbocycles. The van der Waals surface area contributed by atoms with Crippen molar-refractivity contribution >= 4 is 11.7 Å². The second-order valence-electron chi connectivity index (χ2n) is 6.82. The van der Waals surface area contributed by atoms with E-state index in [1.807, 2.05) is 22.5 Å². The van der Waals surface area contributed by atoms with Crippen LogP contribution < -0.4 is 5.32 Å². The quantitative estimate of drug-likeness (QED) is 0.874. The fraction of sp³-hybridized carbons (Fsp3) is 0.611. The fourth-order valence-corrected chi connectivity index (χ4v) is 3.81. The van der Waals surface area contributed by atoms with Gasteiger partial charge in [0.2, 0.25) is 5.91 Å². The summed E-state index contributed by atoms with van der Waals surface area (Å²) in [6, 6.07) is 2.13. The van der Waals surface area contributed by atoms with Crippen LogP contribution in [0.15, 0.2) is 12.3 Å². The van der Waals surface area contributed by atoms with E-state index in [0.29, 0.717) is 6.54 Å². The molecule has 136 valence electrons. The van der Waals surface area contributed by atoms with Gasteiger partial charge in [0.15, 0.2) is 0 Å². The highest BCUT2D eigenvalue weighted by atomic mass is 16.2. The lowest BCUT2D eigenvalue weighted by atomic mass is 10.0. The minimum Gasteiger partial charge on any atom is -0.310 e. The summed E-state index contributed by atoms with van der Waals surface area (Å²) in [5, 5.41) is 11.8. The summed E-state index contributed by atoms with van der Waals surface area (Å²) in [5.74, 6) is 0.792. The lowest BCUT2D eigenvalue weighted by Crippen LogP contribution is -2.33. The van der Waals surface area contributed by atoms with E-state index in [9.17, 15) is 4.79 Å². The van der Waals surface area contributed by atoms with Crippen molar-refractivity contribution in [3.63, 3.8) is 0 Å². The topological polar surface area (TPSA) is 68.0 Å². The van der Waals surface area contributed by atoms with Gasteiger partial charge in [0.25, 0.3) is 0 Å². The Balaban J connectivity index is 1.69. The summed E-state index contributed by atoms with van der Waals surface area (Å²) in [7, 11) is 1.98. The molecule has 0 bridgehead atoms. The van der Waals surface area contributed by atoms with Crippen molar-refractivity contribution in [1.82, 2.24) is 24.5 Å². The molecule has 0 radical (unpaired) electrons. The SMILES string of the molecule is CCCn1nccc1NC(=O)CN1CCC[C@H]1c1c(C)nn(C)c1C. The number of nitrogens with zero attached hydrogens (tertiary/aromatic N) is 5. The summed E-state index contributed by atoms with van der Waals surface area (Å²) < 4.78 is 3.78. The molecule has 1 N–H and O–H groups in total. The molecule has 2 aromatic heterocycles. The maximum atomic E-state index is 12.6. The minimum absolute atomic E-state index is 0.0175. The van der Waals surface area contributed by atoms with Crippen LogP contribution in [0.25, 0.3) is 0 Å². The fourth-order valence-electron chi connectivity index (χ4n) is 3.81. The normalized spacial score (nSPS) is 18.0. The number of rotatable bonds is 6. The molecule has 25 heavy (non-hydrogen) atoms. The Morgan fingerprint density at radius 2 is 2.20 bits per heavy atom. The highest BCUT2D eigenvalue weighted by Crippen LogP contribution is 2.35. The van der Waals surface area contributed by atoms with Gasteiger partial charge in [-0.15, -0.1) is 0 Å². The van der Waals surface area contributed by atoms with E-state index in [1.165, 1.54) is 11.3 Å². The molecule has 1 atom stereocenters. The Hall–Kier alpha value is -2.15. The van der Waals surface area contributed by atoms with Gasteiger partial charge in [-0.25, -0.2) is 4.68 Å². The second kappa shape index (κ2) is 7.39. The average Bonchev–Trinajstić information content (AvgIpc) is 3.23. The summed E-state index contributed by atoms with van der Waals surface area (Å²) >= 11 is 0. The molecular formula is C18H28N6O. The van der Waals surface area contributed by atoms with E-state index in [4.69, 9.17) is 0 Å². The third-order valence-electron chi connectivity index (χ3n) is 5.03. The van der Waals surface area contributed by atoms with Crippen LogP contribution in [-0.2, 0) is 18.4 Å². The summed E-state index contributed by atoms with van der Waals surface area (Å²) in [4.78, 5) is 14.8. The van der Waals surface area contributed by atoms with Crippen molar-refractivity contribution in [1.29, 1.82) is 0 Å². The summed E-state index contributed by atoms with van der Waals surface area (Å²) in [6.45, 7) is 8.41. The molecule has 1 amide bonds. The van der Waals surface area contributed by atoms with Crippen molar-refractivity contribution < 1.29 is 4.79 Å². The van der Waals surface area contributed by atoms with Gasteiger partial charge in [-0.2, -0.15) is 10.2 Å². The summed E-state index contributed by atoms with van der Waals surface area (Å²) in [6.07, 6.45) is 4.90. The average molecular weight is 344 g/mol. The molecule has 1 saturated heterocycles. The van der Waals surface area contributed by atoms with Crippen molar-refractivity contribution in [3.05, 3.63) is 29.2 Å². The number of carbonyl (C=O) groups excluding carboxylic acids is 1. The number of carbonyl (C=O) groups is 1. The minimum atomic E-state index is 0.0175. The number of aryl methyl sites for hydroxylation is 3. The number of hydrogen-bond acceptors (Lipinski definition) is 4. The van der Waals surface area contributed by atoms with Crippen LogP contribution >= 0.6 is 0 Å². The highest BCUT2D eigenvalue weighted by Gasteiger charge is 2.31. The molecule has 0 saturated carbocycles. The maximum Gasteiger partial charge on any atom is 0.239 e. The molecule has 2 aromatic rings. The Labute approximate surface area is 149 Å². The van der Waals surface area contributed by atoms with Gasteiger partial charge < -0.3 is 5.32 Å². The first-order valence-electron chi connectivity index (χ1n) is 9.07. The van der Waals surface area contributed by atoms with E-state index in [2.05, 4.69) is 41.2 Å². The van der Waals surface area contributed by atoms with E-state index in [0.717, 1.165) is 43.9 Å². The van der Waals surface area contributed by atoms with Crippen molar-refractivity contribution in [2.75, 3.05) is 18.4 Å². The van der Waals surface area contributed by atoms with Crippen LogP contribution in [0.4, 0.5) is 5.82 Å². The van der Waals surface area contributed by atoms with Crippen molar-refractivity contribution in [3.8, 4) is 0 Å². The van der Waals surface area contributed by atoms with Crippen molar-refractivity contribution in [2.24, 2.45) is 7.05 Å². The summed E-state index contributed by atoms with van der Waals surface area (Å²) in [5.41, 5.74) is 3.54. The zero-order chi connectivity index (χ0) is 18.0. The molecule has 1 aliphatic heterocycles. The molecule has 3 rings (SSSR count). The smallest absolute Gasteiger partial charge is 0.239 e. The van der Waals surface area contributed by atoms with Crippen LogP contribution in [0.5, 0.6) is 0 Å². The van der Waals surface area contributed by atoms with E-state index < -0.39 is 0 Å². The lowest BCUT2D eigenvalue weighted by Gasteiger charge is -2.24. The largest absolute Gasteiger partial charge is 0.310 e. The van der Waals surface area contributed by atoms with Gasteiger partial charge in [-0.1, -0.05) is 6.92 Å². The third-order valence-corrected chi connectivity index (χ3v) is 5.03. The predicted molar refractivity (Wildman–Crippen MR) is 97.4 cm³/mol. The lowest BCUT2D eigenvalue weighted by molar-refractivity contribution is -0.117. The molecule has 0 unspecified atom stereocenters. The highest BCUT2D eigenvalue weighted by molar-refractivity contribution is 5.91. The Morgan fingerprint density at radius 3 is 2.88 bits per heavy atom. The number of amides is 1. The molecule has 0 aliphatic carbocycles. The second-order valence-corrected chi connectivity index (χ2v) is 6.82. The zero-order valence-electron chi connectivity index (χ0n) is 15.6. The molecule has 3 heterocycles. The number of nitrogens with one attached hydrogen (secondary N) is 1. The van der Waals surface area contributed by atoms with Crippen LogP contribution in [0.3, 0.4) is 0 Å². The Morgan fingerprint density at radius 1 is 1.40 bits per heavy atom. The van der Waals surface area contributed by atoms with Crippen molar-refractivity contribution in [2.45, 2.75) is 52.6 Å². The first-order chi connectivity index (χ1) is 12.0. The number of likely N-dealkylation sites (tertiary alicyclic amines) is 1. The van der Waals surface area contributed by atoms with E-state index >= 15 is 0 Å². The molecular weight excluding hydrogens is 316 g/mol. The van der Waals surface area contributed by atoms with E-state index in [-0.39, 0.29) is 11.9 Å². The van der Waals surface area contributed by atoms with Crippen LogP contribution in [0, 0.1) is 13.8 Å². The van der Waals surface area contributed by atoms with Gasteiger partial charge in [0.1, 0.15) is 5.82 Å². The molecule has 1 aliphatic rings. The number of anilines is 1. The Kier molecular flexibility index (Phi) is 5.22. The molecule has 1 fully saturated rings. The van der Waals surface area contributed by atoms with Gasteiger partial charge in [0, 0.05) is 37.0 Å². The predicted octanol–water partition coefficient (Wildman–Crippen LogP) is 2.42. The van der Waals surface area contributed by atoms with E-state index in [1.54, 1.807) is 6.20 Å².